The first kappa shape index (κ1) is 32.2. The Kier molecular flexibility index (Phi) is 10.4. The fraction of sp³-hybridized carbons (Fsp3) is 0.190. The molecule has 0 aliphatic carbocycles. The summed E-state index contributed by atoms with van der Waals surface area (Å²) in [5, 5.41) is 2.41. The van der Waals surface area contributed by atoms with Crippen LogP contribution in [0.3, 0.4) is 0 Å². The summed E-state index contributed by atoms with van der Waals surface area (Å²) in [6.07, 6.45) is 2.38. The standard InChI is InChI=1S/C27H22NS.C15H18GeN.Ir/c1-18(2)15-19-13-14-28-25(16-19)24-10-6-9-23-22-12-11-21(17-26(22)29-27(23)24)20-7-4-3-5-8-20;1-12-10-15(13-8-6-5-7-9-13)17-11-14(12)16(2,3)4;/h3-9,11-14,16-18H,15H2,1-2H3;5-8,10-11H,1-4H3;/q2*-1;/i15D2;;. The average Bonchev–Trinajstić information content (AvgIpc) is 3.47. The second-order valence-electron chi connectivity index (χ2n) is 12.9. The van der Waals surface area contributed by atoms with Crippen molar-refractivity contribution in [2.45, 2.75) is 44.4 Å². The van der Waals surface area contributed by atoms with Crippen LogP contribution in [0.15, 0.2) is 116 Å². The molecule has 0 atom stereocenters. The van der Waals surface area contributed by atoms with Gasteiger partial charge in [-0.1, -0.05) is 73.3 Å². The van der Waals surface area contributed by atoms with E-state index in [2.05, 4.69) is 113 Å². The van der Waals surface area contributed by atoms with Crippen LogP contribution in [0, 0.1) is 25.0 Å². The molecule has 5 heteroatoms. The summed E-state index contributed by atoms with van der Waals surface area (Å²) >= 11 is -0.0260. The number of hydrogen-bond donors (Lipinski definition) is 0. The molecule has 3 heterocycles. The number of benzene rings is 4. The molecule has 2 nitrogen and oxygen atoms in total. The minimum Gasteiger partial charge on any atom is -0.305 e. The molecular formula is C42H40GeIrN2S-2. The Hall–Kier alpha value is -3.41. The van der Waals surface area contributed by atoms with E-state index >= 15 is 0 Å². The van der Waals surface area contributed by atoms with Crippen LogP contribution in [-0.2, 0) is 26.5 Å². The number of fused-ring (bicyclic) bond motifs is 3. The summed E-state index contributed by atoms with van der Waals surface area (Å²) in [6.45, 7) is 6.01. The first-order valence-corrected chi connectivity index (χ1v) is 23.9. The molecule has 0 amide bonds. The van der Waals surface area contributed by atoms with Crippen molar-refractivity contribution in [2.75, 3.05) is 0 Å². The van der Waals surface area contributed by atoms with Gasteiger partial charge in [-0.15, -0.1) is 23.8 Å². The number of hydrogen-bond acceptors (Lipinski definition) is 3. The first-order valence-electron chi connectivity index (χ1n) is 16.8. The van der Waals surface area contributed by atoms with Crippen LogP contribution in [0.2, 0.25) is 17.3 Å². The van der Waals surface area contributed by atoms with Crippen LogP contribution in [0.4, 0.5) is 0 Å². The maximum absolute atomic E-state index is 8.47. The Morgan fingerprint density at radius 3 is 2.28 bits per heavy atom. The molecule has 3 aromatic heterocycles. The molecular weight excluding hydrogens is 829 g/mol. The third kappa shape index (κ3) is 8.19. The van der Waals surface area contributed by atoms with E-state index in [1.165, 1.54) is 36.6 Å². The normalized spacial score (nSPS) is 12.2. The van der Waals surface area contributed by atoms with Crippen molar-refractivity contribution in [2.24, 2.45) is 5.92 Å². The molecule has 1 radical (unpaired) electrons. The van der Waals surface area contributed by atoms with Gasteiger partial charge in [0.05, 0.1) is 0 Å². The zero-order valence-corrected chi connectivity index (χ0v) is 33.0. The van der Waals surface area contributed by atoms with E-state index in [0.717, 1.165) is 27.2 Å². The minimum atomic E-state index is -1.77. The molecule has 0 fully saturated rings. The predicted octanol–water partition coefficient (Wildman–Crippen LogP) is 11.2. The van der Waals surface area contributed by atoms with Gasteiger partial charge in [0.15, 0.2) is 0 Å². The van der Waals surface area contributed by atoms with E-state index in [1.807, 2.05) is 50.2 Å². The number of thiophene rings is 1. The van der Waals surface area contributed by atoms with Gasteiger partial charge in [-0.05, 0) is 51.3 Å². The van der Waals surface area contributed by atoms with Crippen molar-refractivity contribution in [3.63, 3.8) is 0 Å². The number of rotatable bonds is 6. The Labute approximate surface area is 302 Å². The van der Waals surface area contributed by atoms with Crippen LogP contribution in [0.25, 0.3) is 53.8 Å². The van der Waals surface area contributed by atoms with Crippen molar-refractivity contribution >= 4 is 49.2 Å². The molecule has 7 rings (SSSR count). The molecule has 0 bridgehead atoms. The molecule has 4 aromatic carbocycles. The maximum atomic E-state index is 8.47. The number of nitrogens with zero attached hydrogens (tertiary/aromatic N) is 2. The quantitative estimate of drug-likeness (QED) is 0.123. The van der Waals surface area contributed by atoms with Crippen molar-refractivity contribution in [3.8, 4) is 33.6 Å². The molecule has 47 heavy (non-hydrogen) atoms. The number of aromatic nitrogens is 2. The Morgan fingerprint density at radius 2 is 1.57 bits per heavy atom. The van der Waals surface area contributed by atoms with Gasteiger partial charge in [-0.2, -0.15) is 11.3 Å². The van der Waals surface area contributed by atoms with Crippen LogP contribution in [0.5, 0.6) is 0 Å². The molecule has 0 saturated carbocycles. The molecule has 0 aliphatic heterocycles. The van der Waals surface area contributed by atoms with E-state index in [1.54, 1.807) is 23.6 Å². The van der Waals surface area contributed by atoms with Crippen molar-refractivity contribution in [1.82, 2.24) is 9.97 Å². The maximum Gasteiger partial charge on any atom is 0.0318 e. The van der Waals surface area contributed by atoms with Crippen molar-refractivity contribution < 1.29 is 22.8 Å². The van der Waals surface area contributed by atoms with Gasteiger partial charge in [0.25, 0.3) is 0 Å². The summed E-state index contributed by atoms with van der Waals surface area (Å²) in [4.78, 5) is 9.17. The third-order valence-electron chi connectivity index (χ3n) is 7.92. The van der Waals surface area contributed by atoms with E-state index in [-0.39, 0.29) is 26.0 Å². The van der Waals surface area contributed by atoms with E-state index in [9.17, 15) is 0 Å². The van der Waals surface area contributed by atoms with E-state index < -0.39 is 19.6 Å². The van der Waals surface area contributed by atoms with Gasteiger partial charge in [0.1, 0.15) is 0 Å². The van der Waals surface area contributed by atoms with E-state index in [0.29, 0.717) is 5.56 Å². The largest absolute Gasteiger partial charge is 0.305 e. The SMILES string of the molecule is Cc1cc(-c2[c-]cccc2)nc[c]1[Ge]([CH3])([CH3])[CH3].[2H]C([2H])(c1ccnc(-c2[c-]ccc3c2sc2cc(-c4ccccc4)ccc23)c1)C(C)C.[Ir]. The zero-order valence-electron chi connectivity index (χ0n) is 29.7. The van der Waals surface area contributed by atoms with Crippen molar-refractivity contribution in [3.05, 3.63) is 139 Å². The zero-order chi connectivity index (χ0) is 34.1. The minimum absolute atomic E-state index is 0. The van der Waals surface area contributed by atoms with Crippen LogP contribution in [-0.4, -0.2) is 23.2 Å². The third-order valence-corrected chi connectivity index (χ3v) is 13.6. The summed E-state index contributed by atoms with van der Waals surface area (Å²) in [5.74, 6) is 7.08. The molecule has 239 valence electrons. The summed E-state index contributed by atoms with van der Waals surface area (Å²) in [5.41, 5.74) is 8.24. The topological polar surface area (TPSA) is 25.8 Å². The molecule has 7 aromatic rings. The van der Waals surface area contributed by atoms with Gasteiger partial charge >= 0.3 is 106 Å². The molecule has 0 N–H and O–H groups in total. The molecule has 0 spiro atoms. The predicted molar refractivity (Wildman–Crippen MR) is 202 cm³/mol. The fourth-order valence-electron chi connectivity index (χ4n) is 5.77. The Bertz CT molecular complexity index is 2190. The van der Waals surface area contributed by atoms with Crippen molar-refractivity contribution in [1.29, 1.82) is 0 Å². The van der Waals surface area contributed by atoms with Gasteiger partial charge in [0, 0.05) is 33.7 Å². The first-order chi connectivity index (χ1) is 22.9. The molecule has 0 aliphatic rings. The summed E-state index contributed by atoms with van der Waals surface area (Å²) in [7, 11) is 0. The number of aryl methyl sites for hydroxylation is 1. The van der Waals surface area contributed by atoms with Crippen LogP contribution in [0.1, 0.15) is 27.7 Å². The molecule has 0 saturated heterocycles. The average molecular weight is 872 g/mol. The van der Waals surface area contributed by atoms with Crippen LogP contribution >= 0.6 is 11.3 Å². The van der Waals surface area contributed by atoms with Gasteiger partial charge in [0.2, 0.25) is 0 Å². The number of pyridine rings is 2. The summed E-state index contributed by atoms with van der Waals surface area (Å²) < 4.78 is 20.8. The second kappa shape index (κ2) is 15.2. The smallest absolute Gasteiger partial charge is 0.0318 e. The Balaban J connectivity index is 0.000000221. The molecule has 0 unspecified atom stereocenters. The summed E-state index contributed by atoms with van der Waals surface area (Å²) in [6, 6.07) is 41.5. The van der Waals surface area contributed by atoms with Crippen LogP contribution < -0.4 is 4.40 Å². The van der Waals surface area contributed by atoms with E-state index in [4.69, 9.17) is 2.74 Å². The van der Waals surface area contributed by atoms with Gasteiger partial charge in [-0.3, -0.25) is 0 Å². The monoisotopic (exact) mass is 873 g/mol. The van der Waals surface area contributed by atoms with Gasteiger partial charge < -0.3 is 4.98 Å². The second-order valence-corrected chi connectivity index (χ2v) is 24.5. The van der Waals surface area contributed by atoms with Gasteiger partial charge in [-0.25, -0.2) is 0 Å². The fourth-order valence-corrected chi connectivity index (χ4v) is 10.6. The Morgan fingerprint density at radius 1 is 0.787 bits per heavy atom.